The number of benzene rings is 1. The Hall–Kier alpha value is -1.81. The molecular formula is C15H19NO3. The molecule has 0 heterocycles. The SMILES string of the molecule is CCOc1ccc(NC(=O)C2CC=CC2)cc1CO. The van der Waals surface area contributed by atoms with Crippen molar-refractivity contribution in [3.05, 3.63) is 35.9 Å². The summed E-state index contributed by atoms with van der Waals surface area (Å²) in [5, 5.41) is 12.2. The minimum atomic E-state index is -0.107. The predicted octanol–water partition coefficient (Wildman–Crippen LogP) is 2.48. The third kappa shape index (κ3) is 3.35. The van der Waals surface area contributed by atoms with Crippen LogP contribution in [0.4, 0.5) is 5.69 Å². The van der Waals surface area contributed by atoms with E-state index in [2.05, 4.69) is 5.32 Å². The fourth-order valence-corrected chi connectivity index (χ4v) is 2.15. The zero-order valence-corrected chi connectivity index (χ0v) is 11.1. The molecule has 1 amide bonds. The van der Waals surface area contributed by atoms with Crippen LogP contribution in [0.25, 0.3) is 0 Å². The molecule has 0 aromatic heterocycles. The maximum atomic E-state index is 12.0. The topological polar surface area (TPSA) is 58.6 Å². The predicted molar refractivity (Wildman–Crippen MR) is 74.0 cm³/mol. The molecule has 2 rings (SSSR count). The number of aliphatic hydroxyl groups excluding tert-OH is 1. The van der Waals surface area contributed by atoms with E-state index in [4.69, 9.17) is 4.74 Å². The molecule has 1 aliphatic carbocycles. The number of hydrogen-bond donors (Lipinski definition) is 2. The maximum Gasteiger partial charge on any atom is 0.228 e. The minimum absolute atomic E-state index is 0.0260. The van der Waals surface area contributed by atoms with E-state index in [-0.39, 0.29) is 18.4 Å². The number of nitrogens with one attached hydrogen (secondary N) is 1. The standard InChI is InChI=1S/C15H19NO3/c1-2-19-14-8-7-13(9-12(14)10-17)16-15(18)11-5-3-4-6-11/h3-4,7-9,11,17H,2,5-6,10H2,1H3,(H,16,18). The number of aliphatic hydroxyl groups is 1. The average molecular weight is 261 g/mol. The summed E-state index contributed by atoms with van der Waals surface area (Å²) in [6, 6.07) is 5.33. The third-order valence-electron chi connectivity index (χ3n) is 3.18. The van der Waals surface area contributed by atoms with Crippen molar-refractivity contribution in [1.82, 2.24) is 0 Å². The molecule has 4 nitrogen and oxygen atoms in total. The maximum absolute atomic E-state index is 12.0. The molecule has 0 bridgehead atoms. The second kappa shape index (κ2) is 6.38. The van der Waals surface area contributed by atoms with Crippen LogP contribution in [0.2, 0.25) is 0 Å². The fourth-order valence-electron chi connectivity index (χ4n) is 2.15. The Morgan fingerprint density at radius 3 is 2.79 bits per heavy atom. The van der Waals surface area contributed by atoms with E-state index in [1.54, 1.807) is 18.2 Å². The first-order chi connectivity index (χ1) is 9.24. The van der Waals surface area contributed by atoms with Crippen molar-refractivity contribution in [1.29, 1.82) is 0 Å². The van der Waals surface area contributed by atoms with Crippen LogP contribution in [0.3, 0.4) is 0 Å². The Kier molecular flexibility index (Phi) is 4.58. The van der Waals surface area contributed by atoms with Gasteiger partial charge in [-0.25, -0.2) is 0 Å². The number of carbonyl (C=O) groups is 1. The van der Waals surface area contributed by atoms with Crippen LogP contribution in [0.1, 0.15) is 25.3 Å². The second-order valence-electron chi connectivity index (χ2n) is 4.54. The monoisotopic (exact) mass is 261 g/mol. The molecule has 1 aromatic rings. The fraction of sp³-hybridized carbons (Fsp3) is 0.400. The third-order valence-corrected chi connectivity index (χ3v) is 3.18. The number of allylic oxidation sites excluding steroid dienone is 2. The van der Waals surface area contributed by atoms with Crippen molar-refractivity contribution >= 4 is 11.6 Å². The van der Waals surface area contributed by atoms with E-state index in [0.717, 1.165) is 12.8 Å². The number of ether oxygens (including phenoxy) is 1. The Morgan fingerprint density at radius 2 is 2.16 bits per heavy atom. The Bertz CT molecular complexity index is 474. The number of rotatable bonds is 5. The summed E-state index contributed by atoms with van der Waals surface area (Å²) in [6.45, 7) is 2.33. The molecule has 2 N–H and O–H groups in total. The lowest BCUT2D eigenvalue weighted by Crippen LogP contribution is -2.20. The minimum Gasteiger partial charge on any atom is -0.494 e. The molecule has 102 valence electrons. The summed E-state index contributed by atoms with van der Waals surface area (Å²) in [5.41, 5.74) is 1.38. The molecule has 0 radical (unpaired) electrons. The van der Waals surface area contributed by atoms with Gasteiger partial charge in [-0.15, -0.1) is 0 Å². The molecule has 1 aliphatic rings. The van der Waals surface area contributed by atoms with Crippen molar-refractivity contribution in [2.24, 2.45) is 5.92 Å². The van der Waals surface area contributed by atoms with Crippen LogP contribution in [0, 0.1) is 5.92 Å². The van der Waals surface area contributed by atoms with Crippen molar-refractivity contribution in [2.75, 3.05) is 11.9 Å². The van der Waals surface area contributed by atoms with Gasteiger partial charge in [0.1, 0.15) is 5.75 Å². The van der Waals surface area contributed by atoms with Gasteiger partial charge in [-0.3, -0.25) is 4.79 Å². The lowest BCUT2D eigenvalue weighted by atomic mass is 10.1. The van der Waals surface area contributed by atoms with E-state index in [1.807, 2.05) is 19.1 Å². The van der Waals surface area contributed by atoms with Gasteiger partial charge in [0.2, 0.25) is 5.91 Å². The summed E-state index contributed by atoms with van der Waals surface area (Å²) in [6.07, 6.45) is 5.66. The molecule has 0 spiro atoms. The van der Waals surface area contributed by atoms with E-state index in [9.17, 15) is 9.90 Å². The summed E-state index contributed by atoms with van der Waals surface area (Å²) in [4.78, 5) is 12.0. The second-order valence-corrected chi connectivity index (χ2v) is 4.54. The molecule has 4 heteroatoms. The highest BCUT2D eigenvalue weighted by Crippen LogP contribution is 2.25. The molecule has 0 unspecified atom stereocenters. The molecule has 0 saturated heterocycles. The first kappa shape index (κ1) is 13.6. The largest absolute Gasteiger partial charge is 0.494 e. The summed E-state index contributed by atoms with van der Waals surface area (Å²) >= 11 is 0. The molecule has 19 heavy (non-hydrogen) atoms. The van der Waals surface area contributed by atoms with Gasteiger partial charge in [0.25, 0.3) is 0 Å². The highest BCUT2D eigenvalue weighted by molar-refractivity contribution is 5.93. The first-order valence-corrected chi connectivity index (χ1v) is 6.57. The van der Waals surface area contributed by atoms with Crippen molar-refractivity contribution in [3.8, 4) is 5.75 Å². The Morgan fingerprint density at radius 1 is 1.42 bits per heavy atom. The van der Waals surface area contributed by atoms with Crippen LogP contribution in [0.15, 0.2) is 30.4 Å². The van der Waals surface area contributed by atoms with Gasteiger partial charge in [0.05, 0.1) is 13.2 Å². The summed E-state index contributed by atoms with van der Waals surface area (Å²) in [7, 11) is 0. The normalized spacial score (nSPS) is 14.6. The molecule has 0 aliphatic heterocycles. The van der Waals surface area contributed by atoms with Gasteiger partial charge in [-0.05, 0) is 38.0 Å². The Labute approximate surface area is 113 Å². The molecule has 0 saturated carbocycles. The van der Waals surface area contributed by atoms with E-state index in [1.165, 1.54) is 0 Å². The average Bonchev–Trinajstić information content (AvgIpc) is 2.94. The van der Waals surface area contributed by atoms with Crippen LogP contribution in [0.5, 0.6) is 5.75 Å². The number of anilines is 1. The van der Waals surface area contributed by atoms with Gasteiger partial charge >= 0.3 is 0 Å². The molecule has 0 atom stereocenters. The highest BCUT2D eigenvalue weighted by Gasteiger charge is 2.19. The number of amides is 1. The van der Waals surface area contributed by atoms with Crippen LogP contribution in [-0.2, 0) is 11.4 Å². The first-order valence-electron chi connectivity index (χ1n) is 6.57. The zero-order chi connectivity index (χ0) is 13.7. The van der Waals surface area contributed by atoms with Crippen molar-refractivity contribution in [3.63, 3.8) is 0 Å². The lowest BCUT2D eigenvalue weighted by molar-refractivity contribution is -0.119. The summed E-state index contributed by atoms with van der Waals surface area (Å²) in [5.74, 6) is 0.715. The van der Waals surface area contributed by atoms with E-state index in [0.29, 0.717) is 23.6 Å². The van der Waals surface area contributed by atoms with Gasteiger partial charge in [-0.2, -0.15) is 0 Å². The van der Waals surface area contributed by atoms with Crippen molar-refractivity contribution in [2.45, 2.75) is 26.4 Å². The van der Waals surface area contributed by atoms with Crippen molar-refractivity contribution < 1.29 is 14.6 Å². The lowest BCUT2D eigenvalue weighted by Gasteiger charge is -2.13. The van der Waals surface area contributed by atoms with Gasteiger partial charge in [-0.1, -0.05) is 12.2 Å². The molecular weight excluding hydrogens is 242 g/mol. The number of hydrogen-bond acceptors (Lipinski definition) is 3. The van der Waals surface area contributed by atoms with E-state index < -0.39 is 0 Å². The zero-order valence-electron chi connectivity index (χ0n) is 11.1. The van der Waals surface area contributed by atoms with Crippen LogP contribution >= 0.6 is 0 Å². The van der Waals surface area contributed by atoms with Gasteiger partial charge in [0.15, 0.2) is 0 Å². The molecule has 1 aromatic carbocycles. The smallest absolute Gasteiger partial charge is 0.228 e. The van der Waals surface area contributed by atoms with Crippen LogP contribution < -0.4 is 10.1 Å². The highest BCUT2D eigenvalue weighted by atomic mass is 16.5. The van der Waals surface area contributed by atoms with Gasteiger partial charge < -0.3 is 15.2 Å². The Balaban J connectivity index is 2.06. The van der Waals surface area contributed by atoms with Crippen LogP contribution in [-0.4, -0.2) is 17.6 Å². The van der Waals surface area contributed by atoms with Gasteiger partial charge in [0, 0.05) is 17.2 Å². The summed E-state index contributed by atoms with van der Waals surface area (Å²) < 4.78 is 5.40. The molecule has 0 fully saturated rings. The number of carbonyl (C=O) groups excluding carboxylic acids is 1. The quantitative estimate of drug-likeness (QED) is 0.801. The van der Waals surface area contributed by atoms with E-state index >= 15 is 0 Å².